The van der Waals surface area contributed by atoms with Crippen LogP contribution in [0.3, 0.4) is 0 Å². The highest BCUT2D eigenvalue weighted by atomic mass is 16.7. The Morgan fingerprint density at radius 2 is 1.95 bits per heavy atom. The highest BCUT2D eigenvalue weighted by molar-refractivity contribution is 5.75. The molecule has 1 aromatic rings. The lowest BCUT2D eigenvalue weighted by Gasteiger charge is -2.27. The van der Waals surface area contributed by atoms with Gasteiger partial charge in [0.05, 0.1) is 6.42 Å². The lowest BCUT2D eigenvalue weighted by Crippen LogP contribution is -2.52. The number of carboxylic acid groups (broad SMARTS) is 1. The van der Waals surface area contributed by atoms with E-state index in [0.29, 0.717) is 6.29 Å². The molecule has 108 valence electrons. The number of hydrogen-bond donors (Lipinski definition) is 1. The monoisotopic (exact) mass is 280 g/mol. The van der Waals surface area contributed by atoms with E-state index in [0.717, 1.165) is 5.56 Å². The Bertz CT molecular complexity index is 474. The van der Waals surface area contributed by atoms with Crippen molar-refractivity contribution in [2.24, 2.45) is 0 Å². The smallest absolute Gasteiger partial charge is 0.362 e. The number of quaternary nitrogens is 1. The third-order valence-corrected chi connectivity index (χ3v) is 2.80. The molecule has 20 heavy (non-hydrogen) atoms. The third kappa shape index (κ3) is 4.91. The first kappa shape index (κ1) is 16.0. The molecular weight excluding hydrogens is 262 g/mol. The predicted octanol–water partition coefficient (Wildman–Crippen LogP) is 1.16. The zero-order valence-electron chi connectivity index (χ0n) is 11.3. The summed E-state index contributed by atoms with van der Waals surface area (Å²) >= 11 is 0. The van der Waals surface area contributed by atoms with Crippen LogP contribution in [-0.2, 0) is 25.8 Å². The van der Waals surface area contributed by atoms with E-state index in [-0.39, 0.29) is 19.4 Å². The summed E-state index contributed by atoms with van der Waals surface area (Å²) in [6, 6.07) is 9.15. The van der Waals surface area contributed by atoms with Crippen LogP contribution in [0.5, 0.6) is 0 Å². The van der Waals surface area contributed by atoms with Crippen molar-refractivity contribution in [2.75, 3.05) is 13.6 Å². The summed E-state index contributed by atoms with van der Waals surface area (Å²) in [6.45, 7) is -0.359. The fourth-order valence-corrected chi connectivity index (χ4v) is 1.67. The first-order chi connectivity index (χ1) is 9.48. The molecule has 1 atom stereocenters. The molecule has 0 bridgehead atoms. The van der Waals surface area contributed by atoms with E-state index in [1.54, 1.807) is 0 Å². The summed E-state index contributed by atoms with van der Waals surface area (Å²) in [5, 5.41) is 8.90. The van der Waals surface area contributed by atoms with Crippen LogP contribution in [0.15, 0.2) is 30.3 Å². The van der Waals surface area contributed by atoms with E-state index in [9.17, 15) is 14.4 Å². The van der Waals surface area contributed by atoms with E-state index in [1.165, 1.54) is 7.05 Å². The summed E-state index contributed by atoms with van der Waals surface area (Å²) in [4.78, 5) is 38.7. The number of carbonyl (C=O) groups excluding carboxylic acids is 2. The topological polar surface area (TPSA) is 80.7 Å². The molecule has 1 N–H and O–H groups in total. The van der Waals surface area contributed by atoms with E-state index < -0.39 is 23.1 Å². The molecule has 1 amide bonds. The highest BCUT2D eigenvalue weighted by Gasteiger charge is 2.36. The van der Waals surface area contributed by atoms with Gasteiger partial charge in [-0.05, 0) is 5.56 Å². The normalized spacial score (nSPS) is 13.4. The number of hydrogen-bond acceptors (Lipinski definition) is 4. The Balaban J connectivity index is 2.74. The Morgan fingerprint density at radius 3 is 2.50 bits per heavy atom. The van der Waals surface area contributed by atoms with Crippen molar-refractivity contribution < 1.29 is 29.0 Å². The lowest BCUT2D eigenvalue weighted by molar-refractivity contribution is -1.03. The molecule has 0 saturated carbocycles. The molecule has 0 spiro atoms. The first-order valence-corrected chi connectivity index (χ1v) is 6.21. The standard InChI is InChI=1S/C14H17NO5/c1-15(10-14(18)19,13(17)8-5-9-16)20-11-12-6-3-2-4-7-12/h2-4,6-7,9H,5,8,10-11H2,1H3/p+1. The van der Waals surface area contributed by atoms with Crippen LogP contribution in [0.25, 0.3) is 0 Å². The fraction of sp³-hybridized carbons (Fsp3) is 0.357. The maximum absolute atomic E-state index is 12.0. The molecule has 6 nitrogen and oxygen atoms in total. The number of aliphatic carboxylic acids is 1. The minimum absolute atomic E-state index is 0.0396. The van der Waals surface area contributed by atoms with Gasteiger partial charge in [-0.1, -0.05) is 30.3 Å². The second kappa shape index (κ2) is 7.52. The number of rotatable bonds is 8. The van der Waals surface area contributed by atoms with Gasteiger partial charge in [0, 0.05) is 6.42 Å². The van der Waals surface area contributed by atoms with Gasteiger partial charge in [-0.15, -0.1) is 4.65 Å². The number of carbonyl (C=O) groups is 3. The number of hydroxylamine groups is 3. The zero-order valence-corrected chi connectivity index (χ0v) is 11.3. The molecular formula is C14H18NO5+. The van der Waals surface area contributed by atoms with Crippen molar-refractivity contribution in [3.8, 4) is 0 Å². The largest absolute Gasteiger partial charge is 0.477 e. The summed E-state index contributed by atoms with van der Waals surface area (Å²) in [7, 11) is 1.39. The van der Waals surface area contributed by atoms with E-state index in [1.807, 2.05) is 30.3 Å². The zero-order chi connectivity index (χ0) is 15.0. The van der Waals surface area contributed by atoms with E-state index in [2.05, 4.69) is 0 Å². The van der Waals surface area contributed by atoms with Crippen LogP contribution in [0, 0.1) is 0 Å². The molecule has 1 rings (SSSR count). The van der Waals surface area contributed by atoms with Gasteiger partial charge < -0.3 is 9.90 Å². The van der Waals surface area contributed by atoms with E-state index in [4.69, 9.17) is 9.94 Å². The fourth-order valence-electron chi connectivity index (χ4n) is 1.67. The average molecular weight is 280 g/mol. The molecule has 0 heterocycles. The Kier molecular flexibility index (Phi) is 6.02. The number of amides is 1. The van der Waals surface area contributed by atoms with Gasteiger partial charge in [-0.2, -0.15) is 4.84 Å². The van der Waals surface area contributed by atoms with Crippen LogP contribution in [0.1, 0.15) is 18.4 Å². The van der Waals surface area contributed by atoms with Crippen molar-refractivity contribution in [2.45, 2.75) is 19.4 Å². The van der Waals surface area contributed by atoms with Crippen molar-refractivity contribution in [3.05, 3.63) is 35.9 Å². The third-order valence-electron chi connectivity index (χ3n) is 2.80. The second-order valence-electron chi connectivity index (χ2n) is 4.51. The molecule has 0 fully saturated rings. The van der Waals surface area contributed by atoms with Crippen LogP contribution in [-0.4, -0.2) is 41.5 Å². The van der Waals surface area contributed by atoms with Gasteiger partial charge in [-0.25, -0.2) is 9.59 Å². The minimum Gasteiger partial charge on any atom is -0.477 e. The average Bonchev–Trinajstić information content (AvgIpc) is 2.43. The molecule has 0 aliphatic heterocycles. The molecule has 0 aliphatic carbocycles. The van der Waals surface area contributed by atoms with Gasteiger partial charge in [0.2, 0.25) is 6.54 Å². The van der Waals surface area contributed by atoms with Gasteiger partial charge in [0.15, 0.2) is 0 Å². The van der Waals surface area contributed by atoms with Crippen LogP contribution in [0.2, 0.25) is 0 Å². The number of benzene rings is 1. The lowest BCUT2D eigenvalue weighted by atomic mass is 10.2. The molecule has 1 aromatic carbocycles. The highest BCUT2D eigenvalue weighted by Crippen LogP contribution is 2.12. The van der Waals surface area contributed by atoms with Crippen molar-refractivity contribution in [1.29, 1.82) is 0 Å². The summed E-state index contributed by atoms with van der Waals surface area (Å²) in [5.74, 6) is -1.57. The molecule has 0 aromatic heterocycles. The van der Waals surface area contributed by atoms with Crippen LogP contribution in [0.4, 0.5) is 0 Å². The minimum atomic E-state index is -1.14. The number of carboxylic acids is 1. The Labute approximate surface area is 117 Å². The van der Waals surface area contributed by atoms with Crippen molar-refractivity contribution in [3.63, 3.8) is 0 Å². The maximum Gasteiger partial charge on any atom is 0.362 e. The summed E-state index contributed by atoms with van der Waals surface area (Å²) in [5.41, 5.74) is 0.838. The number of nitrogens with zero attached hydrogens (tertiary/aromatic N) is 1. The van der Waals surface area contributed by atoms with Crippen LogP contribution >= 0.6 is 0 Å². The number of aldehydes is 1. The quantitative estimate of drug-likeness (QED) is 0.439. The van der Waals surface area contributed by atoms with Gasteiger partial charge >= 0.3 is 11.9 Å². The van der Waals surface area contributed by atoms with Gasteiger partial charge in [0.1, 0.15) is 19.9 Å². The summed E-state index contributed by atoms with van der Waals surface area (Å²) < 4.78 is -0.682. The predicted molar refractivity (Wildman–Crippen MR) is 70.2 cm³/mol. The molecule has 6 heteroatoms. The number of likely N-dealkylation sites (N-methyl/N-ethyl adjacent to an activating group) is 1. The molecule has 0 radical (unpaired) electrons. The molecule has 0 saturated heterocycles. The Hall–Kier alpha value is -2.05. The van der Waals surface area contributed by atoms with Crippen molar-refractivity contribution >= 4 is 18.2 Å². The maximum atomic E-state index is 12.0. The van der Waals surface area contributed by atoms with Crippen LogP contribution < -0.4 is 0 Å². The second-order valence-corrected chi connectivity index (χ2v) is 4.51. The van der Waals surface area contributed by atoms with E-state index >= 15 is 0 Å². The Morgan fingerprint density at radius 1 is 1.30 bits per heavy atom. The van der Waals surface area contributed by atoms with Gasteiger partial charge in [0.25, 0.3) is 0 Å². The molecule has 0 aliphatic rings. The SMILES string of the molecule is C[N+](CC(=O)O)(OCc1ccccc1)C(=O)CCC=O. The molecule has 1 unspecified atom stereocenters. The summed E-state index contributed by atoms with van der Waals surface area (Å²) in [6.07, 6.45) is 0.642. The van der Waals surface area contributed by atoms with Crippen molar-refractivity contribution in [1.82, 2.24) is 0 Å². The first-order valence-electron chi connectivity index (χ1n) is 6.21. The van der Waals surface area contributed by atoms with Gasteiger partial charge in [-0.3, -0.25) is 0 Å².